The van der Waals surface area contributed by atoms with Crippen LogP contribution in [0.5, 0.6) is 0 Å². The number of likely N-dealkylation sites (tertiary alicyclic amines) is 1. The van der Waals surface area contributed by atoms with Gasteiger partial charge in [0, 0.05) is 47.3 Å². The number of thiophene rings is 1. The summed E-state index contributed by atoms with van der Waals surface area (Å²) in [7, 11) is 0. The van der Waals surface area contributed by atoms with Crippen molar-refractivity contribution in [2.45, 2.75) is 52.5 Å². The fourth-order valence-electron chi connectivity index (χ4n) is 3.09. The Morgan fingerprint density at radius 1 is 1.39 bits per heavy atom. The van der Waals surface area contributed by atoms with Gasteiger partial charge in [-0.1, -0.05) is 0 Å². The maximum absolute atomic E-state index is 12.3. The number of halogens is 1. The number of nitrogens with zero attached hydrogens (tertiary/aromatic N) is 1. The van der Waals surface area contributed by atoms with Crippen molar-refractivity contribution in [1.29, 1.82) is 0 Å². The molecule has 2 unspecified atom stereocenters. The Labute approximate surface area is 148 Å². The second-order valence-electron chi connectivity index (χ2n) is 6.35. The highest BCUT2D eigenvalue weighted by molar-refractivity contribution is 7.12. The van der Waals surface area contributed by atoms with E-state index in [4.69, 9.17) is 5.73 Å². The minimum atomic E-state index is 0. The molecular formula is C17H27ClN2O2S. The van der Waals surface area contributed by atoms with E-state index in [0.29, 0.717) is 18.8 Å². The van der Waals surface area contributed by atoms with E-state index in [-0.39, 0.29) is 30.1 Å². The second-order valence-corrected chi connectivity index (χ2v) is 7.81. The van der Waals surface area contributed by atoms with Crippen LogP contribution < -0.4 is 5.73 Å². The quantitative estimate of drug-likeness (QED) is 0.821. The van der Waals surface area contributed by atoms with Gasteiger partial charge in [-0.2, -0.15) is 0 Å². The summed E-state index contributed by atoms with van der Waals surface area (Å²) in [5.41, 5.74) is 6.74. The van der Waals surface area contributed by atoms with Gasteiger partial charge in [0.1, 0.15) is 0 Å². The number of amides is 1. The zero-order chi connectivity index (χ0) is 16.3. The average molecular weight is 359 g/mol. The number of aryl methyl sites for hydroxylation is 2. The van der Waals surface area contributed by atoms with Gasteiger partial charge in [-0.05, 0) is 45.6 Å². The Morgan fingerprint density at radius 2 is 2.09 bits per heavy atom. The summed E-state index contributed by atoms with van der Waals surface area (Å²) < 4.78 is 0. The number of hydrogen-bond donors (Lipinski definition) is 1. The molecule has 0 aliphatic carbocycles. The number of ketones is 1. The van der Waals surface area contributed by atoms with E-state index in [1.807, 2.05) is 31.7 Å². The Bertz CT molecular complexity index is 557. The summed E-state index contributed by atoms with van der Waals surface area (Å²) in [5, 5.41) is 0. The van der Waals surface area contributed by atoms with Crippen molar-refractivity contribution in [2.75, 3.05) is 13.1 Å². The lowest BCUT2D eigenvalue weighted by molar-refractivity contribution is -0.133. The van der Waals surface area contributed by atoms with Crippen LogP contribution in [-0.2, 0) is 4.79 Å². The minimum Gasteiger partial charge on any atom is -0.342 e. The summed E-state index contributed by atoms with van der Waals surface area (Å²) in [5.74, 6) is 0.550. The van der Waals surface area contributed by atoms with E-state index in [9.17, 15) is 9.59 Å². The van der Waals surface area contributed by atoms with E-state index < -0.39 is 0 Å². The van der Waals surface area contributed by atoms with Crippen molar-refractivity contribution in [2.24, 2.45) is 11.7 Å². The van der Waals surface area contributed by atoms with Crippen molar-refractivity contribution in [3.63, 3.8) is 0 Å². The topological polar surface area (TPSA) is 63.4 Å². The average Bonchev–Trinajstić information content (AvgIpc) is 2.83. The molecule has 1 saturated heterocycles. The molecule has 2 heterocycles. The van der Waals surface area contributed by atoms with Crippen LogP contribution in [0.15, 0.2) is 6.07 Å². The van der Waals surface area contributed by atoms with Crippen LogP contribution in [0.4, 0.5) is 0 Å². The monoisotopic (exact) mass is 358 g/mol. The van der Waals surface area contributed by atoms with Gasteiger partial charge in [-0.25, -0.2) is 0 Å². The lowest BCUT2D eigenvalue weighted by Gasteiger charge is -2.34. The second kappa shape index (κ2) is 8.81. The van der Waals surface area contributed by atoms with Crippen molar-refractivity contribution in [3.8, 4) is 0 Å². The highest BCUT2D eigenvalue weighted by Gasteiger charge is 2.26. The van der Waals surface area contributed by atoms with E-state index in [1.54, 1.807) is 11.3 Å². The fourth-order valence-corrected chi connectivity index (χ4v) is 4.03. The van der Waals surface area contributed by atoms with Gasteiger partial charge in [0.2, 0.25) is 5.91 Å². The third-order valence-electron chi connectivity index (χ3n) is 4.46. The van der Waals surface area contributed by atoms with Gasteiger partial charge in [0.25, 0.3) is 0 Å². The van der Waals surface area contributed by atoms with Crippen LogP contribution in [0.1, 0.15) is 52.7 Å². The molecule has 2 rings (SSSR count). The summed E-state index contributed by atoms with van der Waals surface area (Å²) in [6.07, 6.45) is 2.70. The summed E-state index contributed by atoms with van der Waals surface area (Å²) in [6, 6.07) is 2.05. The fraction of sp³-hybridized carbons (Fsp3) is 0.647. The molecule has 2 atom stereocenters. The maximum atomic E-state index is 12.3. The first-order valence-corrected chi connectivity index (χ1v) is 8.83. The Kier molecular flexibility index (Phi) is 7.71. The Balaban J connectivity index is 0.00000264. The van der Waals surface area contributed by atoms with Gasteiger partial charge in [-0.3, -0.25) is 9.59 Å². The highest BCUT2D eigenvalue weighted by atomic mass is 35.5. The Morgan fingerprint density at radius 3 is 2.65 bits per heavy atom. The maximum Gasteiger partial charge on any atom is 0.223 e. The minimum absolute atomic E-state index is 0. The van der Waals surface area contributed by atoms with Gasteiger partial charge >= 0.3 is 0 Å². The molecule has 1 aliphatic heterocycles. The predicted octanol–water partition coefficient (Wildman–Crippen LogP) is 3.34. The van der Waals surface area contributed by atoms with E-state index in [0.717, 1.165) is 41.2 Å². The molecule has 1 aliphatic rings. The number of nitrogens with two attached hydrogens (primary N) is 1. The smallest absolute Gasteiger partial charge is 0.223 e. The summed E-state index contributed by atoms with van der Waals surface area (Å²) in [6.45, 7) is 7.50. The van der Waals surface area contributed by atoms with Gasteiger partial charge in [0.15, 0.2) is 5.78 Å². The molecule has 0 radical (unpaired) electrons. The number of piperidine rings is 1. The molecule has 0 saturated carbocycles. The first kappa shape index (κ1) is 20.1. The molecule has 1 aromatic rings. The van der Waals surface area contributed by atoms with Crippen LogP contribution in [0.3, 0.4) is 0 Å². The number of Topliss-reactive ketones (excluding diaryl/α,β-unsaturated/α-hetero) is 1. The van der Waals surface area contributed by atoms with Gasteiger partial charge < -0.3 is 10.6 Å². The molecule has 0 bridgehead atoms. The lowest BCUT2D eigenvalue weighted by atomic mass is 9.92. The highest BCUT2D eigenvalue weighted by Crippen LogP contribution is 2.23. The molecule has 130 valence electrons. The van der Waals surface area contributed by atoms with Crippen LogP contribution in [0.2, 0.25) is 0 Å². The van der Waals surface area contributed by atoms with Gasteiger partial charge in [0.05, 0.1) is 0 Å². The van der Waals surface area contributed by atoms with Crippen molar-refractivity contribution in [3.05, 3.63) is 21.4 Å². The van der Waals surface area contributed by atoms with Crippen LogP contribution in [-0.4, -0.2) is 35.7 Å². The summed E-state index contributed by atoms with van der Waals surface area (Å²) >= 11 is 1.63. The van der Waals surface area contributed by atoms with Crippen molar-refractivity contribution >= 4 is 35.4 Å². The normalized spacial score (nSPS) is 19.1. The predicted molar refractivity (Wildman–Crippen MR) is 97.6 cm³/mol. The molecule has 4 nitrogen and oxygen atoms in total. The molecule has 0 spiro atoms. The molecule has 23 heavy (non-hydrogen) atoms. The van der Waals surface area contributed by atoms with Crippen LogP contribution in [0.25, 0.3) is 0 Å². The standard InChI is InChI=1S/C17H26N2O2S.ClH/c1-11-9-15(13(3)22-11)16(20)6-7-17(21)19-8-4-5-14(10-19)12(2)18;/h9,12,14H,4-8,10,18H2,1-3H3;1H. The largest absolute Gasteiger partial charge is 0.342 e. The first-order chi connectivity index (χ1) is 10.4. The number of carbonyl (C=O) groups excluding carboxylic acids is 2. The molecule has 6 heteroatoms. The lowest BCUT2D eigenvalue weighted by Crippen LogP contribution is -2.45. The molecule has 1 amide bonds. The molecule has 1 fully saturated rings. The van der Waals surface area contributed by atoms with Crippen molar-refractivity contribution < 1.29 is 9.59 Å². The number of carbonyl (C=O) groups is 2. The van der Waals surface area contributed by atoms with E-state index in [1.165, 1.54) is 0 Å². The van der Waals surface area contributed by atoms with E-state index >= 15 is 0 Å². The third-order valence-corrected chi connectivity index (χ3v) is 5.43. The molecule has 0 aromatic carbocycles. The third kappa shape index (κ3) is 5.30. The zero-order valence-electron chi connectivity index (χ0n) is 14.1. The van der Waals surface area contributed by atoms with Crippen molar-refractivity contribution in [1.82, 2.24) is 4.90 Å². The number of rotatable bonds is 5. The SMILES string of the molecule is Cc1cc(C(=O)CCC(=O)N2CCCC(C(C)N)C2)c(C)s1.Cl. The Hall–Kier alpha value is -0.910. The van der Waals surface area contributed by atoms with E-state index in [2.05, 4.69) is 0 Å². The molecule has 2 N–H and O–H groups in total. The van der Waals surface area contributed by atoms with Crippen LogP contribution in [0, 0.1) is 19.8 Å². The molecule has 1 aromatic heterocycles. The first-order valence-electron chi connectivity index (χ1n) is 8.02. The summed E-state index contributed by atoms with van der Waals surface area (Å²) in [4.78, 5) is 28.7. The van der Waals surface area contributed by atoms with Crippen LogP contribution >= 0.6 is 23.7 Å². The number of hydrogen-bond acceptors (Lipinski definition) is 4. The zero-order valence-corrected chi connectivity index (χ0v) is 15.8. The van der Waals surface area contributed by atoms with Gasteiger partial charge in [-0.15, -0.1) is 23.7 Å². The molecular weight excluding hydrogens is 332 g/mol.